The molecule has 1 aromatic rings. The average Bonchev–Trinajstić information content (AvgIpc) is 2.89. The number of phenols is 1. The molecule has 0 aliphatic carbocycles. The van der Waals surface area contributed by atoms with E-state index in [1.165, 1.54) is 24.8 Å². The zero-order chi connectivity index (χ0) is 17.0. The summed E-state index contributed by atoms with van der Waals surface area (Å²) in [5, 5.41) is 19.7. The van der Waals surface area contributed by atoms with Crippen LogP contribution in [0.2, 0.25) is 0 Å². The number of carboxylic acids is 1. The number of ether oxygens (including phenoxy) is 2. The summed E-state index contributed by atoms with van der Waals surface area (Å²) in [6.07, 6.45) is 0. The molecule has 0 saturated heterocycles. The van der Waals surface area contributed by atoms with Gasteiger partial charge in [-0.1, -0.05) is 0 Å². The van der Waals surface area contributed by atoms with Gasteiger partial charge in [-0.05, 0) is 26.0 Å². The first-order chi connectivity index (χ1) is 10.9. The van der Waals surface area contributed by atoms with Crippen LogP contribution >= 0.6 is 11.8 Å². The molecule has 1 unspecified atom stereocenters. The third-order valence-corrected chi connectivity index (χ3v) is 4.45. The molecule has 124 valence electrons. The lowest BCUT2D eigenvalue weighted by Crippen LogP contribution is -2.33. The first kappa shape index (κ1) is 17.1. The van der Waals surface area contributed by atoms with Crippen molar-refractivity contribution in [3.8, 4) is 11.5 Å². The van der Waals surface area contributed by atoms with E-state index in [1.807, 2.05) is 0 Å². The number of aromatic hydroxyl groups is 1. The predicted molar refractivity (Wildman–Crippen MR) is 85.3 cm³/mol. The minimum atomic E-state index is -1.19. The Balaban J connectivity index is 2.11. The fraction of sp³-hybridized carbons (Fsp3) is 0.400. The summed E-state index contributed by atoms with van der Waals surface area (Å²) in [6.45, 7) is 3.25. The maximum atomic E-state index is 11.2. The molecule has 1 aromatic carbocycles. The molecule has 1 aliphatic rings. The molecule has 2 rings (SSSR count). The van der Waals surface area contributed by atoms with Gasteiger partial charge >= 0.3 is 11.9 Å². The van der Waals surface area contributed by atoms with Gasteiger partial charge in [0.25, 0.3) is 0 Å². The predicted octanol–water partition coefficient (Wildman–Crippen LogP) is 1.67. The molecule has 7 nitrogen and oxygen atoms in total. The normalized spacial score (nSPS) is 20.0. The van der Waals surface area contributed by atoms with Crippen LogP contribution in [-0.2, 0) is 14.3 Å². The van der Waals surface area contributed by atoms with Crippen LogP contribution in [0.3, 0.4) is 0 Å². The highest BCUT2D eigenvalue weighted by atomic mass is 32.2. The van der Waals surface area contributed by atoms with Gasteiger partial charge in [0, 0.05) is 17.4 Å². The molecule has 0 aromatic heterocycles. The van der Waals surface area contributed by atoms with Crippen molar-refractivity contribution >= 4 is 28.7 Å². The van der Waals surface area contributed by atoms with Crippen LogP contribution in [0, 0.1) is 0 Å². The minimum Gasteiger partial charge on any atom is -0.507 e. The SMILES string of the molecule is CCOC(=O)COc1ccc(C2=NC(C)(C(=O)O)CS2)c(O)c1. The molecule has 0 spiro atoms. The first-order valence-corrected chi connectivity index (χ1v) is 7.92. The van der Waals surface area contributed by atoms with Gasteiger partial charge in [-0.15, -0.1) is 11.8 Å². The number of thioether (sulfide) groups is 1. The van der Waals surface area contributed by atoms with E-state index in [1.54, 1.807) is 19.1 Å². The van der Waals surface area contributed by atoms with Crippen molar-refractivity contribution in [2.75, 3.05) is 19.0 Å². The summed E-state index contributed by atoms with van der Waals surface area (Å²) in [7, 11) is 0. The largest absolute Gasteiger partial charge is 0.507 e. The molecule has 1 aliphatic heterocycles. The lowest BCUT2D eigenvalue weighted by molar-refractivity contribution is -0.145. The number of phenolic OH excluding ortho intramolecular Hbond substituents is 1. The second-order valence-electron chi connectivity index (χ2n) is 5.06. The first-order valence-electron chi connectivity index (χ1n) is 6.93. The summed E-state index contributed by atoms with van der Waals surface area (Å²) in [5.74, 6) is -0.980. The molecule has 0 saturated carbocycles. The fourth-order valence-corrected chi connectivity index (χ4v) is 3.07. The number of carbonyl (C=O) groups is 2. The van der Waals surface area contributed by atoms with E-state index in [-0.39, 0.29) is 19.0 Å². The molecule has 2 N–H and O–H groups in total. The highest BCUT2D eigenvalue weighted by molar-refractivity contribution is 8.14. The van der Waals surface area contributed by atoms with Crippen LogP contribution in [0.15, 0.2) is 23.2 Å². The number of aliphatic imine (C=N–C) groups is 1. The van der Waals surface area contributed by atoms with E-state index in [2.05, 4.69) is 4.99 Å². The summed E-state index contributed by atoms with van der Waals surface area (Å²) >= 11 is 1.27. The van der Waals surface area contributed by atoms with E-state index in [0.717, 1.165) is 0 Å². The summed E-state index contributed by atoms with van der Waals surface area (Å²) in [4.78, 5) is 26.6. The molecule has 0 amide bonds. The highest BCUT2D eigenvalue weighted by Gasteiger charge is 2.38. The Labute approximate surface area is 137 Å². The van der Waals surface area contributed by atoms with Gasteiger partial charge < -0.3 is 19.7 Å². The van der Waals surface area contributed by atoms with Crippen LogP contribution in [-0.4, -0.2) is 51.7 Å². The van der Waals surface area contributed by atoms with Crippen LogP contribution in [0.5, 0.6) is 11.5 Å². The number of nitrogens with zero attached hydrogens (tertiary/aromatic N) is 1. The number of carboxylic acid groups (broad SMARTS) is 1. The van der Waals surface area contributed by atoms with E-state index in [9.17, 15) is 14.7 Å². The van der Waals surface area contributed by atoms with Gasteiger partial charge in [0.2, 0.25) is 0 Å². The number of esters is 1. The number of hydrogen-bond donors (Lipinski definition) is 2. The molecular weight excluding hydrogens is 322 g/mol. The van der Waals surface area contributed by atoms with Crippen LogP contribution in [0.4, 0.5) is 0 Å². The van der Waals surface area contributed by atoms with Crippen molar-refractivity contribution in [2.24, 2.45) is 4.99 Å². The van der Waals surface area contributed by atoms with Gasteiger partial charge in [0.1, 0.15) is 16.5 Å². The average molecular weight is 339 g/mol. The molecule has 23 heavy (non-hydrogen) atoms. The van der Waals surface area contributed by atoms with E-state index < -0.39 is 17.5 Å². The molecule has 1 heterocycles. The number of carbonyl (C=O) groups excluding carboxylic acids is 1. The lowest BCUT2D eigenvalue weighted by Gasteiger charge is -2.11. The molecule has 0 radical (unpaired) electrons. The third-order valence-electron chi connectivity index (χ3n) is 3.16. The van der Waals surface area contributed by atoms with Crippen LogP contribution in [0.1, 0.15) is 19.4 Å². The monoisotopic (exact) mass is 339 g/mol. The summed E-state index contributed by atoms with van der Waals surface area (Å²) in [6, 6.07) is 4.51. The Kier molecular flexibility index (Phi) is 5.15. The molecule has 0 bridgehead atoms. The number of hydrogen-bond acceptors (Lipinski definition) is 7. The molecular formula is C15H17NO6S. The molecule has 1 atom stereocenters. The van der Waals surface area contributed by atoms with E-state index in [4.69, 9.17) is 14.6 Å². The molecule has 8 heteroatoms. The van der Waals surface area contributed by atoms with Gasteiger partial charge in [-0.25, -0.2) is 9.59 Å². The number of rotatable bonds is 6. The Morgan fingerprint density at radius 2 is 2.17 bits per heavy atom. The van der Waals surface area contributed by atoms with Gasteiger partial charge in [0.05, 0.1) is 6.61 Å². The van der Waals surface area contributed by atoms with E-state index >= 15 is 0 Å². The standard InChI is InChI=1S/C15H17NO6S/c1-3-21-12(18)7-22-9-4-5-10(11(17)6-9)13-16-15(2,8-23-13)14(19)20/h4-6,17H,3,7-8H2,1-2H3,(H,19,20). The van der Waals surface area contributed by atoms with Crippen molar-refractivity contribution in [2.45, 2.75) is 19.4 Å². The Morgan fingerprint density at radius 3 is 2.74 bits per heavy atom. The Morgan fingerprint density at radius 1 is 1.43 bits per heavy atom. The van der Waals surface area contributed by atoms with Gasteiger partial charge in [-0.2, -0.15) is 0 Å². The minimum absolute atomic E-state index is 0.0905. The van der Waals surface area contributed by atoms with Crippen molar-refractivity contribution in [1.29, 1.82) is 0 Å². The third kappa shape index (κ3) is 3.95. The second-order valence-corrected chi connectivity index (χ2v) is 6.02. The van der Waals surface area contributed by atoms with Gasteiger partial charge in [-0.3, -0.25) is 4.99 Å². The zero-order valence-corrected chi connectivity index (χ0v) is 13.6. The van der Waals surface area contributed by atoms with E-state index in [0.29, 0.717) is 22.1 Å². The smallest absolute Gasteiger partial charge is 0.344 e. The zero-order valence-electron chi connectivity index (χ0n) is 12.7. The summed E-state index contributed by atoms with van der Waals surface area (Å²) in [5.41, 5.74) is -0.755. The van der Waals surface area contributed by atoms with Gasteiger partial charge in [0.15, 0.2) is 12.1 Å². The van der Waals surface area contributed by atoms with Crippen molar-refractivity contribution in [3.05, 3.63) is 23.8 Å². The van der Waals surface area contributed by atoms with Crippen LogP contribution in [0.25, 0.3) is 0 Å². The van der Waals surface area contributed by atoms with Crippen molar-refractivity contribution in [1.82, 2.24) is 0 Å². The lowest BCUT2D eigenvalue weighted by atomic mass is 10.1. The highest BCUT2D eigenvalue weighted by Crippen LogP contribution is 2.35. The maximum Gasteiger partial charge on any atom is 0.344 e. The molecule has 0 fully saturated rings. The van der Waals surface area contributed by atoms with Crippen molar-refractivity contribution in [3.63, 3.8) is 0 Å². The number of benzene rings is 1. The Bertz CT molecular complexity index is 659. The summed E-state index contributed by atoms with van der Waals surface area (Å²) < 4.78 is 9.96. The topological polar surface area (TPSA) is 105 Å². The fourth-order valence-electron chi connectivity index (χ4n) is 1.87. The quantitative estimate of drug-likeness (QED) is 0.759. The Hall–Kier alpha value is -2.22. The second kappa shape index (κ2) is 6.91. The van der Waals surface area contributed by atoms with Crippen molar-refractivity contribution < 1.29 is 29.3 Å². The maximum absolute atomic E-state index is 11.2. The van der Waals surface area contributed by atoms with Crippen LogP contribution < -0.4 is 4.74 Å². The number of aliphatic carboxylic acids is 1.